The van der Waals surface area contributed by atoms with Gasteiger partial charge in [0.2, 0.25) is 0 Å². The van der Waals surface area contributed by atoms with Gasteiger partial charge >= 0.3 is 6.18 Å². The van der Waals surface area contributed by atoms with Crippen molar-refractivity contribution in [2.75, 3.05) is 4.90 Å². The van der Waals surface area contributed by atoms with Crippen LogP contribution in [0.3, 0.4) is 0 Å². The van der Waals surface area contributed by atoms with Gasteiger partial charge in [-0.3, -0.25) is 9.59 Å². The fourth-order valence-corrected chi connectivity index (χ4v) is 2.42. The number of carboxylic acids is 1. The zero-order chi connectivity index (χ0) is 17.6. The molecule has 0 N–H and O–H groups in total. The maximum atomic E-state index is 12.8. The van der Waals surface area contributed by atoms with Gasteiger partial charge in [0, 0.05) is 0 Å². The average Bonchev–Trinajstić information content (AvgIpc) is 2.77. The van der Waals surface area contributed by atoms with Crippen LogP contribution in [0.4, 0.5) is 18.9 Å². The Hall–Kier alpha value is -3.16. The van der Waals surface area contributed by atoms with Crippen LogP contribution in [-0.2, 0) is 6.18 Å². The van der Waals surface area contributed by atoms with Crippen LogP contribution in [0.1, 0.15) is 36.6 Å². The number of hydrogen-bond donors (Lipinski definition) is 0. The molecule has 3 rings (SSSR count). The van der Waals surface area contributed by atoms with Gasteiger partial charge in [0.15, 0.2) is 0 Å². The lowest BCUT2D eigenvalue weighted by Gasteiger charge is -2.16. The molecule has 8 heteroatoms. The Bertz CT molecular complexity index is 889. The Balaban J connectivity index is 2.07. The number of amides is 2. The van der Waals surface area contributed by atoms with Crippen LogP contribution in [0.5, 0.6) is 0 Å². The number of nitrogens with zero attached hydrogens (tertiary/aromatic N) is 1. The number of rotatable bonds is 2. The summed E-state index contributed by atoms with van der Waals surface area (Å²) >= 11 is 0. The first kappa shape index (κ1) is 15.7. The van der Waals surface area contributed by atoms with E-state index in [0.717, 1.165) is 30.3 Å². The van der Waals surface area contributed by atoms with Crippen molar-refractivity contribution < 1.29 is 32.7 Å². The van der Waals surface area contributed by atoms with Crippen molar-refractivity contribution in [2.45, 2.75) is 6.18 Å². The third kappa shape index (κ3) is 2.41. The highest BCUT2D eigenvalue weighted by molar-refractivity contribution is 6.34. The molecule has 2 aromatic rings. The molecule has 0 atom stereocenters. The van der Waals surface area contributed by atoms with E-state index in [4.69, 9.17) is 0 Å². The van der Waals surface area contributed by atoms with E-state index < -0.39 is 29.5 Å². The summed E-state index contributed by atoms with van der Waals surface area (Å²) in [6.45, 7) is 0. The highest BCUT2D eigenvalue weighted by Crippen LogP contribution is 2.34. The maximum absolute atomic E-state index is 12.8. The second-order valence-electron chi connectivity index (χ2n) is 5.04. The van der Waals surface area contributed by atoms with Gasteiger partial charge in [-0.25, -0.2) is 4.90 Å². The van der Waals surface area contributed by atoms with Crippen molar-refractivity contribution in [2.24, 2.45) is 0 Å². The third-order valence-corrected chi connectivity index (χ3v) is 3.55. The molecule has 1 aliphatic heterocycles. The number of halogens is 3. The summed E-state index contributed by atoms with van der Waals surface area (Å²) in [5.74, 6) is -3.24. The molecule has 2 aromatic carbocycles. The van der Waals surface area contributed by atoms with Gasteiger partial charge in [-0.05, 0) is 35.9 Å². The zero-order valence-electron chi connectivity index (χ0n) is 11.8. The minimum Gasteiger partial charge on any atom is -0.545 e. The van der Waals surface area contributed by atoms with Crippen LogP contribution in [0, 0.1) is 0 Å². The maximum Gasteiger partial charge on any atom is 0.416 e. The fourth-order valence-electron chi connectivity index (χ4n) is 2.42. The molecule has 0 fully saturated rings. The number of carboxylic acid groups (broad SMARTS) is 1. The summed E-state index contributed by atoms with van der Waals surface area (Å²) in [7, 11) is 0. The Morgan fingerprint density at radius 3 is 2.25 bits per heavy atom. The van der Waals surface area contributed by atoms with Crippen LogP contribution in [-0.4, -0.2) is 17.8 Å². The first-order chi connectivity index (χ1) is 11.2. The molecule has 0 unspecified atom stereocenters. The molecule has 0 aliphatic carbocycles. The summed E-state index contributed by atoms with van der Waals surface area (Å²) in [4.78, 5) is 36.1. The van der Waals surface area contributed by atoms with E-state index in [1.807, 2.05) is 0 Å². The lowest BCUT2D eigenvalue weighted by Crippen LogP contribution is -2.29. The molecule has 0 spiro atoms. The highest BCUT2D eigenvalue weighted by atomic mass is 19.4. The summed E-state index contributed by atoms with van der Waals surface area (Å²) in [5.41, 5.74) is -1.83. The summed E-state index contributed by atoms with van der Waals surface area (Å²) in [6.07, 6.45) is -4.63. The number of benzene rings is 2. The van der Waals surface area contributed by atoms with Crippen LogP contribution in [0.25, 0.3) is 0 Å². The van der Waals surface area contributed by atoms with E-state index in [-0.39, 0.29) is 22.4 Å². The van der Waals surface area contributed by atoms with Crippen molar-refractivity contribution in [1.29, 1.82) is 0 Å². The minimum atomic E-state index is -4.63. The van der Waals surface area contributed by atoms with Crippen LogP contribution < -0.4 is 10.0 Å². The predicted octanol–water partition coefficient (Wildman–Crippen LogP) is 1.87. The smallest absolute Gasteiger partial charge is 0.416 e. The third-order valence-electron chi connectivity index (χ3n) is 3.55. The number of carbonyl (C=O) groups is 3. The first-order valence-electron chi connectivity index (χ1n) is 6.61. The Labute approximate surface area is 132 Å². The Morgan fingerprint density at radius 1 is 0.958 bits per heavy atom. The number of hydrogen-bond acceptors (Lipinski definition) is 4. The van der Waals surface area contributed by atoms with Gasteiger partial charge < -0.3 is 9.90 Å². The standard InChI is InChI=1S/C16H8F3NO4/c17-16(18,19)9-2-1-3-10(7-9)20-13(21)11-5-4-8(15(23)24)6-12(11)14(20)22/h1-7H,(H,23,24)/p-1. The SMILES string of the molecule is O=C([O-])c1ccc2c(c1)C(=O)N(c1cccc(C(F)(F)F)c1)C2=O. The van der Waals surface area contributed by atoms with E-state index in [1.54, 1.807) is 0 Å². The van der Waals surface area contributed by atoms with Gasteiger partial charge in [-0.15, -0.1) is 0 Å². The van der Waals surface area contributed by atoms with Crippen molar-refractivity contribution in [1.82, 2.24) is 0 Å². The van der Waals surface area contributed by atoms with E-state index in [0.29, 0.717) is 11.0 Å². The predicted molar refractivity (Wildman–Crippen MR) is 73.4 cm³/mol. The Kier molecular flexibility index (Phi) is 3.40. The van der Waals surface area contributed by atoms with E-state index in [2.05, 4.69) is 0 Å². The van der Waals surface area contributed by atoms with Gasteiger partial charge in [0.05, 0.1) is 28.3 Å². The normalized spacial score (nSPS) is 14.0. The number of carbonyl (C=O) groups excluding carboxylic acids is 3. The van der Waals surface area contributed by atoms with E-state index >= 15 is 0 Å². The van der Waals surface area contributed by atoms with Crippen molar-refractivity contribution in [3.05, 3.63) is 64.7 Å². The molecule has 0 saturated heterocycles. The molecule has 0 aromatic heterocycles. The van der Waals surface area contributed by atoms with Crippen molar-refractivity contribution in [3.63, 3.8) is 0 Å². The number of fused-ring (bicyclic) bond motifs is 1. The van der Waals surface area contributed by atoms with E-state index in [9.17, 15) is 32.7 Å². The van der Waals surface area contributed by atoms with Crippen molar-refractivity contribution >= 4 is 23.5 Å². The highest BCUT2D eigenvalue weighted by Gasteiger charge is 2.38. The average molecular weight is 334 g/mol. The van der Waals surface area contributed by atoms with Gasteiger partial charge in [-0.1, -0.05) is 12.1 Å². The lowest BCUT2D eigenvalue weighted by atomic mass is 10.1. The van der Waals surface area contributed by atoms with Crippen molar-refractivity contribution in [3.8, 4) is 0 Å². The molecule has 1 aliphatic rings. The quantitative estimate of drug-likeness (QED) is 0.786. The molecule has 0 saturated carbocycles. The van der Waals surface area contributed by atoms with Gasteiger partial charge in [0.25, 0.3) is 11.8 Å². The van der Waals surface area contributed by atoms with Crippen LogP contribution in [0.2, 0.25) is 0 Å². The zero-order valence-corrected chi connectivity index (χ0v) is 11.8. The largest absolute Gasteiger partial charge is 0.545 e. The lowest BCUT2D eigenvalue weighted by molar-refractivity contribution is -0.255. The molecule has 24 heavy (non-hydrogen) atoms. The molecule has 0 bridgehead atoms. The molecular weight excluding hydrogens is 327 g/mol. The van der Waals surface area contributed by atoms with Crippen LogP contribution in [0.15, 0.2) is 42.5 Å². The fraction of sp³-hybridized carbons (Fsp3) is 0.0625. The Morgan fingerprint density at radius 2 is 1.62 bits per heavy atom. The van der Waals surface area contributed by atoms with E-state index in [1.165, 1.54) is 6.07 Å². The topological polar surface area (TPSA) is 77.5 Å². The molecular formula is C16H7F3NO4-. The number of alkyl halides is 3. The second-order valence-corrected chi connectivity index (χ2v) is 5.04. The number of imide groups is 1. The summed E-state index contributed by atoms with van der Waals surface area (Å²) < 4.78 is 38.4. The molecule has 0 radical (unpaired) electrons. The summed E-state index contributed by atoms with van der Waals surface area (Å²) in [6, 6.07) is 6.96. The first-order valence-corrected chi connectivity index (χ1v) is 6.61. The molecule has 5 nitrogen and oxygen atoms in total. The minimum absolute atomic E-state index is 0.0811. The van der Waals surface area contributed by atoms with Gasteiger partial charge in [0.1, 0.15) is 0 Å². The molecule has 2 amide bonds. The van der Waals surface area contributed by atoms with Gasteiger partial charge in [-0.2, -0.15) is 13.2 Å². The second kappa shape index (κ2) is 5.19. The monoisotopic (exact) mass is 334 g/mol. The van der Waals surface area contributed by atoms with Crippen LogP contribution >= 0.6 is 0 Å². The summed E-state index contributed by atoms with van der Waals surface area (Å²) in [5, 5.41) is 10.8. The number of anilines is 1. The molecule has 122 valence electrons. The molecule has 1 heterocycles. The number of aromatic carboxylic acids is 1.